The van der Waals surface area contributed by atoms with Crippen LogP contribution >= 0.6 is 0 Å². The number of aromatic nitrogens is 9. The third-order valence-corrected chi connectivity index (χ3v) is 13.3. The molecule has 0 radical (unpaired) electrons. The first kappa shape index (κ1) is 67.5. The minimum atomic E-state index is -4.83. The Morgan fingerprint density at radius 3 is 1.10 bits per heavy atom. The molecule has 0 saturated carbocycles. The number of benzene rings is 6. The van der Waals surface area contributed by atoms with Crippen molar-refractivity contribution >= 4 is 85.2 Å². The second kappa shape index (κ2) is 30.2. The zero-order valence-electron chi connectivity index (χ0n) is 51.7. The predicted molar refractivity (Wildman–Crippen MR) is 344 cm³/mol. The SMILES string of the molecule is CC(=O)c1cc(NC(=O)c2nc3ccccc3nc2Oc2ccc(OC(F)(F)F)cc2)ccn1.COc1cc(F)ccc1Oc1nc2ccccc2nc1C(=O)Nc1ccc(C(C)=O)nc1.COc1cc(F)ccc1Oc1nc2ccccc2nc1C(=O)Nc1ccnc(C(C)=O)c1. The predicted octanol–water partition coefficient (Wildman–Crippen LogP) is 14.0. The third-order valence-electron chi connectivity index (χ3n) is 13.3. The molecule has 3 amide bonds. The summed E-state index contributed by atoms with van der Waals surface area (Å²) in [6.07, 6.45) is -0.668. The van der Waals surface area contributed by atoms with Gasteiger partial charge in [-0.2, -0.15) is 0 Å². The molecule has 12 rings (SSSR count). The number of alkyl halides is 3. The summed E-state index contributed by atoms with van der Waals surface area (Å²) in [4.78, 5) is 112. The maximum absolute atomic E-state index is 13.6. The molecule has 492 valence electrons. The molecule has 0 fully saturated rings. The smallest absolute Gasteiger partial charge is 0.493 e. The standard InChI is InChI=1S/C23H15F3N4O4.2C23H17FN4O4/c1-13(31)19-12-14(10-11-27-19)28-21(32)20-22(30-18-5-3-2-4-17(18)29-20)33-15-6-8-16(9-7-15)34-23(24,25)26;1-13(29)16-9-8-15(12-25-16)26-22(30)21-23(28-18-6-4-3-5-17(18)27-21)32-19-10-7-14(24)11-20(19)31-2;1-13(29)18-12-15(9-10-25-18)26-22(30)21-23(28-17-6-4-3-5-16(17)27-21)32-19-8-7-14(24)11-20(19)31-2/h2-12H,1H3,(H,27,28,32);3-12H,1-2H3,(H,26,30);3-12H,1-2H3,(H,25,26,30). The second-order valence-electron chi connectivity index (χ2n) is 20.3. The van der Waals surface area contributed by atoms with E-state index >= 15 is 0 Å². The van der Waals surface area contributed by atoms with E-state index in [0.717, 1.165) is 24.3 Å². The lowest BCUT2D eigenvalue weighted by Crippen LogP contribution is -2.17. The highest BCUT2D eigenvalue weighted by Crippen LogP contribution is 2.36. The molecular weight excluding hydrogens is 1280 g/mol. The van der Waals surface area contributed by atoms with Crippen LogP contribution in [-0.4, -0.2) is 101 Å². The van der Waals surface area contributed by atoms with E-state index < -0.39 is 41.5 Å². The maximum atomic E-state index is 13.6. The molecule has 0 unspecified atom stereocenters. The van der Waals surface area contributed by atoms with Crippen LogP contribution in [0.15, 0.2) is 188 Å². The number of carbonyl (C=O) groups is 6. The van der Waals surface area contributed by atoms with Crippen LogP contribution < -0.4 is 44.4 Å². The largest absolute Gasteiger partial charge is 0.573 e. The lowest BCUT2D eigenvalue weighted by molar-refractivity contribution is -0.274. The first-order chi connectivity index (χ1) is 47.1. The monoisotopic (exact) mass is 1330 g/mol. The molecule has 0 aliphatic rings. The summed E-state index contributed by atoms with van der Waals surface area (Å²) in [6.45, 7) is 4.13. The van der Waals surface area contributed by atoms with Gasteiger partial charge in [0.25, 0.3) is 35.4 Å². The van der Waals surface area contributed by atoms with Crippen LogP contribution in [0.4, 0.5) is 39.0 Å². The molecule has 0 aliphatic heterocycles. The van der Waals surface area contributed by atoms with Crippen molar-refractivity contribution in [3.8, 4) is 52.1 Å². The molecule has 6 aromatic heterocycles. The van der Waals surface area contributed by atoms with Crippen molar-refractivity contribution in [1.29, 1.82) is 0 Å². The van der Waals surface area contributed by atoms with E-state index in [4.69, 9.17) is 23.7 Å². The Bertz CT molecular complexity index is 5030. The Morgan fingerprint density at radius 2 is 0.745 bits per heavy atom. The van der Waals surface area contributed by atoms with E-state index in [1.807, 2.05) is 0 Å². The van der Waals surface area contributed by atoms with Crippen LogP contribution in [0.5, 0.6) is 52.1 Å². The van der Waals surface area contributed by atoms with Gasteiger partial charge >= 0.3 is 6.36 Å². The number of carbonyl (C=O) groups excluding carboxylic acids is 6. The normalized spacial score (nSPS) is 10.8. The number of hydrogen-bond acceptors (Lipinski definition) is 21. The van der Waals surface area contributed by atoms with Crippen LogP contribution in [0.2, 0.25) is 0 Å². The fraction of sp³-hybridized carbons (Fsp3) is 0.0870. The van der Waals surface area contributed by atoms with Gasteiger partial charge < -0.3 is 44.4 Å². The summed E-state index contributed by atoms with van der Waals surface area (Å²) in [6, 6.07) is 41.8. The number of ether oxygens (including phenoxy) is 6. The van der Waals surface area contributed by atoms with Gasteiger partial charge in [-0.1, -0.05) is 36.4 Å². The molecule has 98 heavy (non-hydrogen) atoms. The number of methoxy groups -OCH3 is 2. The third kappa shape index (κ3) is 17.3. The van der Waals surface area contributed by atoms with E-state index in [1.54, 1.807) is 84.9 Å². The summed E-state index contributed by atoms with van der Waals surface area (Å²) >= 11 is 0. The zero-order chi connectivity index (χ0) is 69.6. The molecule has 0 saturated heterocycles. The molecule has 0 atom stereocenters. The topological polar surface area (TPSA) is 310 Å². The number of pyridine rings is 3. The first-order valence-electron chi connectivity index (χ1n) is 28.8. The van der Waals surface area contributed by atoms with E-state index in [1.165, 1.54) is 114 Å². The van der Waals surface area contributed by atoms with Crippen molar-refractivity contribution in [3.05, 3.63) is 234 Å². The van der Waals surface area contributed by atoms with Crippen LogP contribution in [0.3, 0.4) is 0 Å². The number of hydrogen-bond donors (Lipinski definition) is 3. The maximum Gasteiger partial charge on any atom is 0.573 e. The number of nitrogens with one attached hydrogen (secondary N) is 3. The molecule has 12 aromatic rings. The van der Waals surface area contributed by atoms with Gasteiger partial charge in [0.05, 0.1) is 59.2 Å². The first-order valence-corrected chi connectivity index (χ1v) is 28.8. The van der Waals surface area contributed by atoms with E-state index in [9.17, 15) is 50.7 Å². The molecule has 24 nitrogen and oxygen atoms in total. The summed E-state index contributed by atoms with van der Waals surface area (Å²) in [5.74, 6) is -3.66. The van der Waals surface area contributed by atoms with Crippen molar-refractivity contribution in [2.45, 2.75) is 27.1 Å². The summed E-state index contributed by atoms with van der Waals surface area (Å²) < 4.78 is 95.8. The highest BCUT2D eigenvalue weighted by molar-refractivity contribution is 6.08. The van der Waals surface area contributed by atoms with Gasteiger partial charge in [0.2, 0.25) is 0 Å². The minimum absolute atomic E-state index is 0.0839. The lowest BCUT2D eigenvalue weighted by Gasteiger charge is -2.13. The Balaban J connectivity index is 0.000000159. The summed E-state index contributed by atoms with van der Waals surface area (Å²) in [5.41, 5.74) is 4.16. The van der Waals surface area contributed by atoms with Gasteiger partial charge in [0, 0.05) is 56.7 Å². The molecular formula is C69H49F5N12O12. The van der Waals surface area contributed by atoms with E-state index in [-0.39, 0.29) is 97.9 Å². The summed E-state index contributed by atoms with van der Waals surface area (Å²) in [7, 11) is 2.75. The lowest BCUT2D eigenvalue weighted by atomic mass is 10.2. The number of halogens is 5. The summed E-state index contributed by atoms with van der Waals surface area (Å²) in [5, 5.41) is 7.96. The van der Waals surface area contributed by atoms with Crippen LogP contribution in [0.25, 0.3) is 33.1 Å². The number of ketones is 3. The molecule has 0 spiro atoms. The molecule has 0 bridgehead atoms. The van der Waals surface area contributed by atoms with Gasteiger partial charge in [-0.25, -0.2) is 38.7 Å². The number of nitrogens with zero attached hydrogens (tertiary/aromatic N) is 9. The van der Waals surface area contributed by atoms with Crippen LogP contribution in [-0.2, 0) is 0 Å². The van der Waals surface area contributed by atoms with Gasteiger partial charge in [-0.05, 0) is 121 Å². The number of Topliss-reactive ketones (excluding diaryl/α,β-unsaturated/α-hetero) is 3. The highest BCUT2D eigenvalue weighted by atomic mass is 19.4. The molecule has 6 aromatic carbocycles. The number of anilines is 3. The van der Waals surface area contributed by atoms with Gasteiger partial charge in [0.15, 0.2) is 57.4 Å². The van der Waals surface area contributed by atoms with Gasteiger partial charge in [0.1, 0.15) is 40.2 Å². The Kier molecular flexibility index (Phi) is 20.8. The molecule has 3 N–H and O–H groups in total. The Morgan fingerprint density at radius 1 is 0.378 bits per heavy atom. The molecule has 29 heteroatoms. The van der Waals surface area contributed by atoms with E-state index in [2.05, 4.69) is 65.5 Å². The van der Waals surface area contributed by atoms with Gasteiger partial charge in [-0.3, -0.25) is 43.7 Å². The number of amides is 3. The highest BCUT2D eigenvalue weighted by Gasteiger charge is 2.31. The molecule has 6 heterocycles. The number of rotatable bonds is 18. The average Bonchev–Trinajstić information content (AvgIpc) is 0.814. The molecule has 0 aliphatic carbocycles. The van der Waals surface area contributed by atoms with E-state index in [0.29, 0.717) is 50.2 Å². The van der Waals surface area contributed by atoms with Crippen molar-refractivity contribution < 1.29 is 79.1 Å². The second-order valence-corrected chi connectivity index (χ2v) is 20.3. The fourth-order valence-electron chi connectivity index (χ4n) is 8.74. The quantitative estimate of drug-likeness (QED) is 0.0531. The average molecular weight is 1330 g/mol. The Labute approximate surface area is 550 Å². The van der Waals surface area contributed by atoms with Crippen molar-refractivity contribution in [1.82, 2.24) is 44.9 Å². The fourth-order valence-corrected chi connectivity index (χ4v) is 8.74. The zero-order valence-corrected chi connectivity index (χ0v) is 51.7. The van der Waals surface area contributed by atoms with Gasteiger partial charge in [-0.15, -0.1) is 13.2 Å². The minimum Gasteiger partial charge on any atom is -0.493 e. The van der Waals surface area contributed by atoms with Crippen molar-refractivity contribution in [2.24, 2.45) is 0 Å². The van der Waals surface area contributed by atoms with Crippen LogP contribution in [0, 0.1) is 11.6 Å². The number of fused-ring (bicyclic) bond motifs is 3. The van der Waals surface area contributed by atoms with Crippen molar-refractivity contribution in [2.75, 3.05) is 30.2 Å². The Hall–Kier alpha value is -13.3. The van der Waals surface area contributed by atoms with Crippen LogP contribution in [0.1, 0.15) is 83.7 Å². The number of para-hydroxylation sites is 6. The van der Waals surface area contributed by atoms with Crippen molar-refractivity contribution in [3.63, 3.8) is 0 Å².